The van der Waals surface area contributed by atoms with Gasteiger partial charge < -0.3 is 23.9 Å². The Morgan fingerprint density at radius 3 is 1.71 bits per heavy atom. The average molecular weight is 539 g/mol. The third kappa shape index (κ3) is 17.9. The molecule has 0 heterocycles. The van der Waals surface area contributed by atoms with Crippen LogP contribution in [0.5, 0.6) is 0 Å². The number of thiol groups is 1. The molecule has 210 valence electrons. The number of ether oxygens (including phenoxy) is 3. The topological polar surface area (TPSA) is 82.1 Å². The van der Waals surface area contributed by atoms with E-state index in [-0.39, 0.29) is 5.44 Å². The van der Waals surface area contributed by atoms with Crippen molar-refractivity contribution in [3.63, 3.8) is 0 Å². The lowest BCUT2D eigenvalue weighted by Crippen LogP contribution is -2.41. The number of hydrogen-bond acceptors (Lipinski definition) is 7. The predicted molar refractivity (Wildman–Crippen MR) is 150 cm³/mol. The third-order valence-corrected chi connectivity index (χ3v) is 7.58. The largest absolute Gasteiger partial charge is 0.465 e. The fraction of sp³-hybridized carbons (Fsp3) is 0.963. The van der Waals surface area contributed by atoms with Crippen LogP contribution in [0.15, 0.2) is 0 Å². The molecule has 5 atom stereocenters. The van der Waals surface area contributed by atoms with Gasteiger partial charge in [0.2, 0.25) is 0 Å². The lowest BCUT2D eigenvalue weighted by molar-refractivity contribution is -0.257. The molecule has 0 saturated heterocycles. The number of carbonyl (C=O) groups is 1. The molecule has 5 unspecified atom stereocenters. The van der Waals surface area contributed by atoms with Crippen molar-refractivity contribution in [2.45, 2.75) is 154 Å². The number of methoxy groups -OCH3 is 1. The fourth-order valence-corrected chi connectivity index (χ4v) is 5.21. The highest BCUT2D eigenvalue weighted by Gasteiger charge is 2.40. The maximum Gasteiger partial charge on any atom is 0.374 e. The summed E-state index contributed by atoms with van der Waals surface area (Å²) in [7, 11) is -0.830. The van der Waals surface area contributed by atoms with E-state index in [9.17, 15) is 14.5 Å². The first kappa shape index (κ1) is 34.9. The maximum atomic E-state index is 11.8. The van der Waals surface area contributed by atoms with Crippen LogP contribution in [0.3, 0.4) is 0 Å². The zero-order valence-electron chi connectivity index (χ0n) is 23.0. The van der Waals surface area contributed by atoms with E-state index in [1.807, 2.05) is 6.92 Å². The highest BCUT2D eigenvalue weighted by Crippen LogP contribution is 2.30. The van der Waals surface area contributed by atoms with Gasteiger partial charge in [0, 0.05) is 0 Å². The number of aliphatic hydroxyl groups is 1. The molecule has 0 bridgehead atoms. The molecule has 8 heteroatoms. The van der Waals surface area contributed by atoms with E-state index in [1.165, 1.54) is 96.3 Å². The lowest BCUT2D eigenvalue weighted by atomic mass is 9.91. The summed E-state index contributed by atoms with van der Waals surface area (Å²) < 4.78 is 27.2. The van der Waals surface area contributed by atoms with E-state index < -0.39 is 26.2 Å². The average Bonchev–Trinajstić information content (AvgIpc) is 2.86. The number of esters is 1. The Morgan fingerprint density at radius 2 is 1.31 bits per heavy atom. The summed E-state index contributed by atoms with van der Waals surface area (Å²) in [5, 5.41) is 10.2. The van der Waals surface area contributed by atoms with Crippen molar-refractivity contribution in [1.29, 1.82) is 0 Å². The van der Waals surface area contributed by atoms with Crippen LogP contribution in [0.25, 0.3) is 0 Å². The molecule has 0 aliphatic heterocycles. The predicted octanol–water partition coefficient (Wildman–Crippen LogP) is 7.87. The Morgan fingerprint density at radius 1 is 0.857 bits per heavy atom. The second-order valence-corrected chi connectivity index (χ2v) is 11.4. The van der Waals surface area contributed by atoms with E-state index in [1.54, 1.807) is 0 Å². The summed E-state index contributed by atoms with van der Waals surface area (Å²) in [6.45, 7) is 6.31. The summed E-state index contributed by atoms with van der Waals surface area (Å²) in [4.78, 5) is 11.8. The molecule has 0 rings (SSSR count). The Bertz CT molecular complexity index is 524. The Labute approximate surface area is 222 Å². The van der Waals surface area contributed by atoms with Crippen molar-refractivity contribution >= 4 is 27.1 Å². The normalized spacial score (nSPS) is 16.3. The van der Waals surface area contributed by atoms with Crippen LogP contribution in [0.2, 0.25) is 0 Å². The van der Waals surface area contributed by atoms with Gasteiger partial charge in [-0.15, -0.1) is 12.6 Å². The monoisotopic (exact) mass is 538 g/mol. The van der Waals surface area contributed by atoms with Gasteiger partial charge in [-0.1, -0.05) is 124 Å². The highest BCUT2D eigenvalue weighted by atomic mass is 32.1. The minimum atomic E-state index is -2.46. The van der Waals surface area contributed by atoms with Gasteiger partial charge in [0.1, 0.15) is 13.9 Å². The first-order valence-electron chi connectivity index (χ1n) is 14.1. The molecule has 6 nitrogen and oxygen atoms in total. The molecule has 0 fully saturated rings. The Kier molecular flexibility index (Phi) is 23.0. The SMILES string of the molecule is CCCCCCCCCCCC(CCCCCCC)CC(S)OC(CC)OC(O)([PH2]=O)C(=O)OC. The van der Waals surface area contributed by atoms with Crippen LogP contribution in [-0.2, 0) is 23.6 Å². The number of unbranched alkanes of at least 4 members (excludes halogenated alkanes) is 12. The number of hydrogen-bond donors (Lipinski definition) is 2. The molecule has 0 spiro atoms. The van der Waals surface area contributed by atoms with Crippen molar-refractivity contribution in [1.82, 2.24) is 0 Å². The smallest absolute Gasteiger partial charge is 0.374 e. The van der Waals surface area contributed by atoms with Crippen molar-refractivity contribution in [3.8, 4) is 0 Å². The second kappa shape index (κ2) is 23.1. The molecule has 1 N–H and O–H groups in total. The second-order valence-electron chi connectivity index (χ2n) is 9.77. The molecule has 0 aromatic rings. The van der Waals surface area contributed by atoms with Crippen LogP contribution in [0, 0.1) is 5.92 Å². The molecule has 0 aliphatic carbocycles. The molecule has 0 aliphatic rings. The molecule has 0 aromatic heterocycles. The van der Waals surface area contributed by atoms with Gasteiger partial charge in [0.05, 0.1) is 7.11 Å². The zero-order chi connectivity index (χ0) is 26.4. The zero-order valence-corrected chi connectivity index (χ0v) is 25.0. The molecule has 0 aromatic carbocycles. The van der Waals surface area contributed by atoms with Gasteiger partial charge in [-0.3, -0.25) is 0 Å². The van der Waals surface area contributed by atoms with Gasteiger partial charge in [-0.05, 0) is 18.8 Å². The van der Waals surface area contributed by atoms with Crippen LogP contribution >= 0.6 is 21.1 Å². The van der Waals surface area contributed by atoms with E-state index >= 15 is 0 Å². The van der Waals surface area contributed by atoms with Crippen LogP contribution in [0.4, 0.5) is 0 Å². The summed E-state index contributed by atoms with van der Waals surface area (Å²) in [6.07, 6.45) is 20.8. The van der Waals surface area contributed by atoms with Crippen LogP contribution in [-0.4, -0.2) is 35.4 Å². The van der Waals surface area contributed by atoms with Gasteiger partial charge in [-0.25, -0.2) is 4.79 Å². The van der Waals surface area contributed by atoms with Crippen LogP contribution < -0.4 is 0 Å². The van der Waals surface area contributed by atoms with Gasteiger partial charge >= 0.3 is 11.5 Å². The molecular weight excluding hydrogens is 483 g/mol. The van der Waals surface area contributed by atoms with E-state index in [0.29, 0.717) is 12.3 Å². The third-order valence-electron chi connectivity index (χ3n) is 6.56. The highest BCUT2D eigenvalue weighted by molar-refractivity contribution is 7.80. The Hall–Kier alpha value is -0.0700. The van der Waals surface area contributed by atoms with Crippen molar-refractivity contribution in [3.05, 3.63) is 0 Å². The summed E-state index contributed by atoms with van der Waals surface area (Å²) in [6, 6.07) is 0. The summed E-state index contributed by atoms with van der Waals surface area (Å²) in [5.41, 5.74) is -2.85. The van der Waals surface area contributed by atoms with Gasteiger partial charge in [0.25, 0.3) is 0 Å². The van der Waals surface area contributed by atoms with Crippen molar-refractivity contribution < 1.29 is 28.7 Å². The standard InChI is InChI=1S/C27H55O6PS/c1-5-8-10-12-13-14-15-17-19-21-23(20-18-16-11-9-6-2)22-25(35)32-24(7-3)33-27(29,34-30)26(28)31-4/h23-25,29,35H,5-22,34H2,1-4H3. The quantitative estimate of drug-likeness (QED) is 0.0405. The minimum absolute atomic E-state index is 0.385. The lowest BCUT2D eigenvalue weighted by Gasteiger charge is -2.29. The summed E-state index contributed by atoms with van der Waals surface area (Å²) in [5.74, 6) is -0.554. The number of carbonyl (C=O) groups excluding carboxylic acids is 1. The molecule has 0 amide bonds. The van der Waals surface area contributed by atoms with Crippen molar-refractivity contribution in [2.75, 3.05) is 7.11 Å². The molecular formula is C27H55O6PS. The molecule has 0 saturated carbocycles. The maximum absolute atomic E-state index is 11.8. The van der Waals surface area contributed by atoms with Gasteiger partial charge in [0.15, 0.2) is 6.29 Å². The van der Waals surface area contributed by atoms with E-state index in [2.05, 4.69) is 31.2 Å². The summed E-state index contributed by atoms with van der Waals surface area (Å²) >= 11 is 4.64. The number of rotatable bonds is 25. The molecule has 0 radical (unpaired) electrons. The van der Waals surface area contributed by atoms with E-state index in [4.69, 9.17) is 9.47 Å². The van der Waals surface area contributed by atoms with Crippen LogP contribution in [0.1, 0.15) is 136 Å². The first-order valence-corrected chi connectivity index (χ1v) is 15.7. The molecule has 35 heavy (non-hydrogen) atoms. The van der Waals surface area contributed by atoms with Crippen molar-refractivity contribution in [2.24, 2.45) is 5.92 Å². The Balaban J connectivity index is 4.62. The van der Waals surface area contributed by atoms with Gasteiger partial charge in [-0.2, -0.15) is 0 Å². The fourth-order valence-electron chi connectivity index (χ4n) is 4.35. The first-order chi connectivity index (χ1) is 16.9. The minimum Gasteiger partial charge on any atom is -0.465 e. The van der Waals surface area contributed by atoms with E-state index in [0.717, 1.165) is 20.0 Å².